The minimum Gasteiger partial charge on any atom is -0.322 e. The van der Waals surface area contributed by atoms with Gasteiger partial charge in [0, 0.05) is 5.56 Å². The van der Waals surface area contributed by atoms with Gasteiger partial charge in [-0.15, -0.1) is 0 Å². The second kappa shape index (κ2) is 5.55. The van der Waals surface area contributed by atoms with Crippen LogP contribution >= 0.6 is 0 Å². The smallest absolute Gasteiger partial charge is 0.262 e. The summed E-state index contributed by atoms with van der Waals surface area (Å²) in [6, 6.07) is 13.6. The van der Waals surface area contributed by atoms with Crippen molar-refractivity contribution in [3.8, 4) is 0 Å². The average Bonchev–Trinajstić information content (AvgIpc) is 2.48. The lowest BCUT2D eigenvalue weighted by Crippen LogP contribution is -2.14. The summed E-state index contributed by atoms with van der Waals surface area (Å²) < 4.78 is 27.5. The highest BCUT2D eigenvalue weighted by Gasteiger charge is 2.16. The first-order valence-corrected chi connectivity index (χ1v) is 8.57. The van der Waals surface area contributed by atoms with E-state index in [1.807, 2.05) is 0 Å². The van der Waals surface area contributed by atoms with E-state index in [1.54, 1.807) is 62.4 Å². The van der Waals surface area contributed by atoms with Gasteiger partial charge in [-0.05, 0) is 49.1 Å². The molecular formula is C17H16N2O3S. The summed E-state index contributed by atoms with van der Waals surface area (Å²) in [6.45, 7) is 3.47. The van der Waals surface area contributed by atoms with E-state index in [-0.39, 0.29) is 10.5 Å². The van der Waals surface area contributed by atoms with Crippen LogP contribution < -0.4 is 10.3 Å². The van der Waals surface area contributed by atoms with Crippen molar-refractivity contribution in [2.45, 2.75) is 18.7 Å². The number of aromatic nitrogens is 1. The lowest BCUT2D eigenvalue weighted by molar-refractivity contribution is 0.600. The quantitative estimate of drug-likeness (QED) is 0.776. The second-order valence-electron chi connectivity index (χ2n) is 5.45. The van der Waals surface area contributed by atoms with E-state index in [0.717, 1.165) is 5.39 Å². The van der Waals surface area contributed by atoms with Gasteiger partial charge in [0.1, 0.15) is 0 Å². The molecule has 118 valence electrons. The third-order valence-electron chi connectivity index (χ3n) is 3.67. The zero-order valence-electron chi connectivity index (χ0n) is 12.8. The minimum absolute atomic E-state index is 0.184. The van der Waals surface area contributed by atoms with Crippen molar-refractivity contribution >= 4 is 26.6 Å². The normalized spacial score (nSPS) is 11.6. The number of hydrogen-bond acceptors (Lipinski definition) is 3. The summed E-state index contributed by atoms with van der Waals surface area (Å²) in [6.07, 6.45) is 0. The first kappa shape index (κ1) is 15.3. The molecule has 0 atom stereocenters. The molecule has 3 rings (SSSR count). The molecule has 2 N–H and O–H groups in total. The lowest BCUT2D eigenvalue weighted by atomic mass is 10.1. The van der Waals surface area contributed by atoms with Crippen molar-refractivity contribution in [1.29, 1.82) is 0 Å². The Kier molecular flexibility index (Phi) is 3.69. The van der Waals surface area contributed by atoms with Gasteiger partial charge in [0.05, 0.1) is 16.1 Å². The van der Waals surface area contributed by atoms with Gasteiger partial charge in [-0.1, -0.05) is 24.3 Å². The van der Waals surface area contributed by atoms with Crippen LogP contribution in [-0.4, -0.2) is 13.4 Å². The van der Waals surface area contributed by atoms with E-state index in [0.29, 0.717) is 22.3 Å². The molecule has 0 radical (unpaired) electrons. The third-order valence-corrected chi connectivity index (χ3v) is 5.21. The van der Waals surface area contributed by atoms with Crippen molar-refractivity contribution in [3.63, 3.8) is 0 Å². The van der Waals surface area contributed by atoms with Gasteiger partial charge in [-0.2, -0.15) is 0 Å². The number of aromatic amines is 1. The molecule has 1 heterocycles. The molecule has 1 aromatic heterocycles. The third kappa shape index (κ3) is 2.98. The van der Waals surface area contributed by atoms with Gasteiger partial charge in [0.15, 0.2) is 0 Å². The molecule has 0 spiro atoms. The Labute approximate surface area is 134 Å². The molecular weight excluding hydrogens is 312 g/mol. The van der Waals surface area contributed by atoms with Crippen LogP contribution in [0.4, 0.5) is 5.69 Å². The van der Waals surface area contributed by atoms with Crippen molar-refractivity contribution in [3.05, 3.63) is 70.0 Å². The number of aryl methyl sites for hydroxylation is 2. The number of pyridine rings is 1. The summed E-state index contributed by atoms with van der Waals surface area (Å²) in [5.41, 5.74) is 2.10. The fourth-order valence-corrected chi connectivity index (χ4v) is 3.74. The highest BCUT2D eigenvalue weighted by molar-refractivity contribution is 7.92. The Morgan fingerprint density at radius 2 is 1.70 bits per heavy atom. The molecule has 0 fully saturated rings. The fourth-order valence-electron chi connectivity index (χ4n) is 2.44. The van der Waals surface area contributed by atoms with Crippen LogP contribution in [0.1, 0.15) is 11.1 Å². The van der Waals surface area contributed by atoms with Gasteiger partial charge in [0.2, 0.25) is 0 Å². The van der Waals surface area contributed by atoms with Gasteiger partial charge in [0.25, 0.3) is 15.6 Å². The summed E-state index contributed by atoms with van der Waals surface area (Å²) >= 11 is 0. The van der Waals surface area contributed by atoms with Crippen molar-refractivity contribution in [1.82, 2.24) is 4.98 Å². The first-order valence-electron chi connectivity index (χ1n) is 7.09. The van der Waals surface area contributed by atoms with E-state index in [1.165, 1.54) is 0 Å². The molecule has 5 nitrogen and oxygen atoms in total. The average molecular weight is 328 g/mol. The van der Waals surface area contributed by atoms with Crippen LogP contribution in [-0.2, 0) is 10.0 Å². The molecule has 0 amide bonds. The van der Waals surface area contributed by atoms with Crippen molar-refractivity contribution in [2.24, 2.45) is 0 Å². The number of rotatable bonds is 3. The van der Waals surface area contributed by atoms with Gasteiger partial charge >= 0.3 is 0 Å². The maximum Gasteiger partial charge on any atom is 0.262 e. The number of fused-ring (bicyclic) bond motifs is 1. The number of H-pyrrole nitrogens is 1. The standard InChI is InChI=1S/C17H16N2O3S/c1-11-5-3-4-6-16(11)23(21,22)19-14-8-7-13-9-12(2)17(20)18-15(13)10-14/h3-10,19H,1-2H3,(H,18,20). The predicted octanol–water partition coefficient (Wildman–Crippen LogP) is 2.95. The molecule has 0 saturated carbocycles. The Morgan fingerprint density at radius 1 is 0.957 bits per heavy atom. The van der Waals surface area contributed by atoms with Crippen molar-refractivity contribution < 1.29 is 8.42 Å². The molecule has 0 saturated heterocycles. The number of hydrogen-bond donors (Lipinski definition) is 2. The highest BCUT2D eigenvalue weighted by atomic mass is 32.2. The Bertz CT molecular complexity index is 1050. The first-order chi connectivity index (χ1) is 10.9. The summed E-state index contributed by atoms with van der Waals surface area (Å²) in [7, 11) is -3.67. The van der Waals surface area contributed by atoms with Crippen LogP contribution in [0.15, 0.2) is 58.2 Å². The maximum absolute atomic E-state index is 12.5. The lowest BCUT2D eigenvalue weighted by Gasteiger charge is -2.11. The van der Waals surface area contributed by atoms with E-state index in [2.05, 4.69) is 9.71 Å². The highest BCUT2D eigenvalue weighted by Crippen LogP contribution is 2.22. The Hall–Kier alpha value is -2.60. The molecule has 0 unspecified atom stereocenters. The van der Waals surface area contributed by atoms with E-state index >= 15 is 0 Å². The SMILES string of the molecule is Cc1ccccc1S(=O)(=O)Nc1ccc2cc(C)c(=O)[nH]c2c1. The molecule has 0 aliphatic carbocycles. The van der Waals surface area contributed by atoms with Gasteiger partial charge < -0.3 is 4.98 Å². The van der Waals surface area contributed by atoms with Gasteiger partial charge in [-0.25, -0.2) is 8.42 Å². The minimum atomic E-state index is -3.67. The van der Waals surface area contributed by atoms with Crippen molar-refractivity contribution in [2.75, 3.05) is 4.72 Å². The van der Waals surface area contributed by atoms with Crippen LogP contribution in [0.2, 0.25) is 0 Å². The summed E-state index contributed by atoms with van der Waals surface area (Å²) in [5, 5.41) is 0.848. The Morgan fingerprint density at radius 3 is 2.43 bits per heavy atom. The van der Waals surface area contributed by atoms with E-state index in [9.17, 15) is 13.2 Å². The molecule has 6 heteroatoms. The topological polar surface area (TPSA) is 79.0 Å². The monoisotopic (exact) mass is 328 g/mol. The predicted molar refractivity (Wildman–Crippen MR) is 91.3 cm³/mol. The Balaban J connectivity index is 2.03. The van der Waals surface area contributed by atoms with Crippen LogP contribution in [0.5, 0.6) is 0 Å². The molecule has 2 aromatic carbocycles. The van der Waals surface area contributed by atoms with Crippen LogP contribution in [0.25, 0.3) is 10.9 Å². The maximum atomic E-state index is 12.5. The van der Waals surface area contributed by atoms with Crippen LogP contribution in [0.3, 0.4) is 0 Å². The molecule has 0 bridgehead atoms. The zero-order valence-corrected chi connectivity index (χ0v) is 13.6. The summed E-state index contributed by atoms with van der Waals surface area (Å²) in [5.74, 6) is 0. The number of nitrogens with one attached hydrogen (secondary N) is 2. The number of sulfonamides is 1. The molecule has 3 aromatic rings. The molecule has 0 aliphatic heterocycles. The largest absolute Gasteiger partial charge is 0.322 e. The fraction of sp³-hybridized carbons (Fsp3) is 0.118. The van der Waals surface area contributed by atoms with Gasteiger partial charge in [-0.3, -0.25) is 9.52 Å². The molecule has 0 aliphatic rings. The van der Waals surface area contributed by atoms with E-state index < -0.39 is 10.0 Å². The zero-order chi connectivity index (χ0) is 16.6. The number of anilines is 1. The van der Waals surface area contributed by atoms with E-state index in [4.69, 9.17) is 0 Å². The molecule has 23 heavy (non-hydrogen) atoms. The second-order valence-corrected chi connectivity index (χ2v) is 7.11. The van der Waals surface area contributed by atoms with Crippen LogP contribution in [0, 0.1) is 13.8 Å². The summed E-state index contributed by atoms with van der Waals surface area (Å²) in [4.78, 5) is 14.7. The number of benzene rings is 2.